The van der Waals surface area contributed by atoms with Gasteiger partial charge in [0.2, 0.25) is 0 Å². The van der Waals surface area contributed by atoms with Crippen LogP contribution in [-0.2, 0) is 16.6 Å². The van der Waals surface area contributed by atoms with Gasteiger partial charge in [-0.05, 0) is 75.9 Å². The van der Waals surface area contributed by atoms with Gasteiger partial charge < -0.3 is 15.0 Å². The summed E-state index contributed by atoms with van der Waals surface area (Å²) in [5.41, 5.74) is 10.1. The van der Waals surface area contributed by atoms with E-state index >= 15 is 0 Å². The minimum atomic E-state index is -0.940. The largest absolute Gasteiger partial charge is 0.478 e. The van der Waals surface area contributed by atoms with Crippen molar-refractivity contribution in [2.24, 2.45) is 0 Å². The van der Waals surface area contributed by atoms with Crippen molar-refractivity contribution < 1.29 is 9.90 Å². The number of likely N-dealkylation sites (N-methyl/N-ethyl adjacent to an activating group) is 1. The first-order valence-corrected chi connectivity index (χ1v) is 13.7. The van der Waals surface area contributed by atoms with Gasteiger partial charge in [-0.15, -0.1) is 0 Å². The molecule has 5 heteroatoms. The molecule has 0 bridgehead atoms. The molecule has 0 amide bonds. The lowest BCUT2D eigenvalue weighted by Crippen LogP contribution is -2.43. The Bertz CT molecular complexity index is 1410. The summed E-state index contributed by atoms with van der Waals surface area (Å²) in [7, 11) is 4.19. The summed E-state index contributed by atoms with van der Waals surface area (Å²) in [6.07, 6.45) is 6.02. The number of rotatable bonds is 5. The smallest absolute Gasteiger partial charge is 0.328 e. The van der Waals surface area contributed by atoms with Crippen molar-refractivity contribution in [1.82, 2.24) is 10.0 Å². The van der Waals surface area contributed by atoms with Gasteiger partial charge in [0.1, 0.15) is 0 Å². The average molecular weight is 522 g/mol. The van der Waals surface area contributed by atoms with E-state index in [0.29, 0.717) is 6.04 Å². The molecular formula is C34H39N3O2. The van der Waals surface area contributed by atoms with E-state index in [0.717, 1.165) is 18.5 Å². The number of hydrogen-bond acceptors (Lipinski definition) is 4. The Kier molecular flexibility index (Phi) is 7.13. The van der Waals surface area contributed by atoms with Crippen molar-refractivity contribution in [3.8, 4) is 0 Å². The zero-order valence-corrected chi connectivity index (χ0v) is 23.8. The maximum absolute atomic E-state index is 11.0. The third-order valence-electron chi connectivity index (χ3n) is 8.06. The molecular weight excluding hydrogens is 482 g/mol. The fourth-order valence-electron chi connectivity index (χ4n) is 5.79. The van der Waals surface area contributed by atoms with Crippen LogP contribution in [0.1, 0.15) is 67.1 Å². The number of nitrogens with zero attached hydrogens (tertiary/aromatic N) is 3. The van der Waals surface area contributed by atoms with E-state index in [1.54, 1.807) is 6.08 Å². The third-order valence-corrected chi connectivity index (χ3v) is 8.06. The number of hydrazine groups is 1. The number of fused-ring (bicyclic) bond motifs is 1. The Hall–Kier alpha value is -3.83. The molecule has 2 atom stereocenters. The van der Waals surface area contributed by atoms with Crippen LogP contribution in [0, 0.1) is 0 Å². The number of aliphatic carboxylic acids is 1. The molecule has 0 aliphatic carbocycles. The van der Waals surface area contributed by atoms with Crippen molar-refractivity contribution in [1.29, 1.82) is 0 Å². The highest BCUT2D eigenvalue weighted by atomic mass is 16.4. The Balaban J connectivity index is 1.58. The van der Waals surface area contributed by atoms with Crippen LogP contribution in [0.5, 0.6) is 0 Å². The van der Waals surface area contributed by atoms with Gasteiger partial charge in [-0.2, -0.15) is 0 Å². The minimum absolute atomic E-state index is 0.0543. The predicted molar refractivity (Wildman–Crippen MR) is 161 cm³/mol. The predicted octanol–water partition coefficient (Wildman–Crippen LogP) is 6.76. The summed E-state index contributed by atoms with van der Waals surface area (Å²) in [5, 5.41) is 13.4. The van der Waals surface area contributed by atoms with Gasteiger partial charge in [-0.1, -0.05) is 75.4 Å². The number of carboxylic acid groups (broad SMARTS) is 1. The standard InChI is InChI=1S/C34H39N3O2/c1-23-19-27-20-26(28-21-35(5)36(6)22-28)12-17-31(27)33(25-10-7-24(8-11-25)9-18-32(38)39)37(23)30-15-13-29(14-16-30)34(2,3)4/h7-18,20-21,23,33H,19,22H2,1-6H3,(H,38,39)/b18-9+. The Morgan fingerprint density at radius 3 is 2.26 bits per heavy atom. The van der Waals surface area contributed by atoms with Crippen LogP contribution >= 0.6 is 0 Å². The summed E-state index contributed by atoms with van der Waals surface area (Å²) in [6.45, 7) is 9.97. The molecule has 3 aromatic carbocycles. The van der Waals surface area contributed by atoms with Gasteiger partial charge in [-0.25, -0.2) is 9.80 Å². The van der Waals surface area contributed by atoms with Crippen molar-refractivity contribution in [2.75, 3.05) is 25.5 Å². The van der Waals surface area contributed by atoms with Crippen LogP contribution in [0.3, 0.4) is 0 Å². The minimum Gasteiger partial charge on any atom is -0.478 e. The van der Waals surface area contributed by atoms with Gasteiger partial charge in [-0.3, -0.25) is 0 Å². The average Bonchev–Trinajstić information content (AvgIpc) is 3.24. The van der Waals surface area contributed by atoms with Crippen LogP contribution in [0.15, 0.2) is 79.0 Å². The van der Waals surface area contributed by atoms with Crippen LogP contribution in [-0.4, -0.2) is 47.8 Å². The Labute approximate surface area is 232 Å². The summed E-state index contributed by atoms with van der Waals surface area (Å²) in [4.78, 5) is 13.6. The van der Waals surface area contributed by atoms with Gasteiger partial charge in [0.05, 0.1) is 6.04 Å². The van der Waals surface area contributed by atoms with Crippen LogP contribution in [0.4, 0.5) is 5.69 Å². The quantitative estimate of drug-likeness (QED) is 0.376. The number of carboxylic acids is 1. The van der Waals surface area contributed by atoms with Crippen molar-refractivity contribution in [3.05, 3.63) is 112 Å². The topological polar surface area (TPSA) is 47.0 Å². The van der Waals surface area contributed by atoms with Crippen molar-refractivity contribution in [2.45, 2.75) is 51.6 Å². The Morgan fingerprint density at radius 1 is 0.974 bits per heavy atom. The number of benzene rings is 3. The molecule has 0 spiro atoms. The first kappa shape index (κ1) is 26.8. The van der Waals surface area contributed by atoms with Gasteiger partial charge in [0, 0.05) is 44.6 Å². The normalized spacial score (nSPS) is 19.9. The zero-order chi connectivity index (χ0) is 27.9. The van der Waals surface area contributed by atoms with E-state index in [1.807, 2.05) is 12.1 Å². The summed E-state index contributed by atoms with van der Waals surface area (Å²) >= 11 is 0. The molecule has 2 heterocycles. The lowest BCUT2D eigenvalue weighted by atomic mass is 9.82. The van der Waals surface area contributed by atoms with Crippen LogP contribution < -0.4 is 4.90 Å². The molecule has 0 saturated carbocycles. The monoisotopic (exact) mass is 521 g/mol. The number of anilines is 1. The molecule has 0 saturated heterocycles. The van der Waals surface area contributed by atoms with Gasteiger partial charge in [0.15, 0.2) is 0 Å². The van der Waals surface area contributed by atoms with Gasteiger partial charge >= 0.3 is 5.97 Å². The first-order valence-electron chi connectivity index (χ1n) is 13.7. The van der Waals surface area contributed by atoms with Crippen LogP contribution in [0.25, 0.3) is 11.6 Å². The highest BCUT2D eigenvalue weighted by Crippen LogP contribution is 2.42. The summed E-state index contributed by atoms with van der Waals surface area (Å²) in [5.74, 6) is -0.940. The highest BCUT2D eigenvalue weighted by Gasteiger charge is 2.34. The first-order chi connectivity index (χ1) is 18.5. The number of carbonyl (C=O) groups is 1. The third kappa shape index (κ3) is 5.50. The zero-order valence-electron chi connectivity index (χ0n) is 23.8. The molecule has 3 aromatic rings. The van der Waals surface area contributed by atoms with E-state index in [-0.39, 0.29) is 11.5 Å². The van der Waals surface area contributed by atoms with Gasteiger partial charge in [0.25, 0.3) is 0 Å². The van der Waals surface area contributed by atoms with Crippen molar-refractivity contribution >= 4 is 23.3 Å². The highest BCUT2D eigenvalue weighted by molar-refractivity contribution is 5.85. The second kappa shape index (κ2) is 10.4. The maximum atomic E-state index is 11.0. The van der Waals surface area contributed by atoms with Crippen LogP contribution in [0.2, 0.25) is 0 Å². The second-order valence-electron chi connectivity index (χ2n) is 12.0. The molecule has 5 nitrogen and oxygen atoms in total. The summed E-state index contributed by atoms with van der Waals surface area (Å²) < 4.78 is 0. The second-order valence-corrected chi connectivity index (χ2v) is 12.0. The summed E-state index contributed by atoms with van der Waals surface area (Å²) in [6, 6.07) is 24.7. The molecule has 0 radical (unpaired) electrons. The molecule has 0 fully saturated rings. The van der Waals surface area contributed by atoms with E-state index in [1.165, 1.54) is 45.2 Å². The van der Waals surface area contributed by atoms with E-state index in [4.69, 9.17) is 5.11 Å². The fourth-order valence-corrected chi connectivity index (χ4v) is 5.79. The van der Waals surface area contributed by atoms with E-state index < -0.39 is 5.97 Å². The maximum Gasteiger partial charge on any atom is 0.328 e. The molecule has 0 aromatic heterocycles. The number of hydrogen-bond donors (Lipinski definition) is 1. The lowest BCUT2D eigenvalue weighted by molar-refractivity contribution is -0.131. The molecule has 2 aliphatic rings. The Morgan fingerprint density at radius 2 is 1.67 bits per heavy atom. The fraction of sp³-hybridized carbons (Fsp3) is 0.324. The molecule has 1 N–H and O–H groups in total. The molecule has 202 valence electrons. The SMILES string of the molecule is CC1Cc2cc(C3=CN(C)N(C)C3)ccc2C(c2ccc(/C=C/C(=O)O)cc2)N1c1ccc(C(C)(C)C)cc1. The lowest BCUT2D eigenvalue weighted by Gasteiger charge is -2.44. The molecule has 2 unspecified atom stereocenters. The van der Waals surface area contributed by atoms with E-state index in [2.05, 4.69) is 118 Å². The molecule has 2 aliphatic heterocycles. The molecule has 5 rings (SSSR count). The van der Waals surface area contributed by atoms with E-state index in [9.17, 15) is 4.79 Å². The van der Waals surface area contributed by atoms with Crippen molar-refractivity contribution in [3.63, 3.8) is 0 Å². The molecule has 39 heavy (non-hydrogen) atoms.